The Morgan fingerprint density at radius 1 is 1.15 bits per heavy atom. The van der Waals surface area contributed by atoms with Crippen LogP contribution in [-0.4, -0.2) is 41.1 Å². The number of carbonyl (C=O) groups is 2. The van der Waals surface area contributed by atoms with Gasteiger partial charge in [0.25, 0.3) is 0 Å². The van der Waals surface area contributed by atoms with Crippen molar-refractivity contribution >= 4 is 11.6 Å². The Morgan fingerprint density at radius 3 is 2.85 bits per heavy atom. The molecule has 0 N–H and O–H groups in total. The first-order valence-corrected chi connectivity index (χ1v) is 10.3. The van der Waals surface area contributed by atoms with Crippen molar-refractivity contribution in [3.63, 3.8) is 0 Å². The van der Waals surface area contributed by atoms with Gasteiger partial charge in [-0.2, -0.15) is 0 Å². The van der Waals surface area contributed by atoms with E-state index in [0.29, 0.717) is 18.7 Å². The highest BCUT2D eigenvalue weighted by Gasteiger charge is 2.27. The van der Waals surface area contributed by atoms with Gasteiger partial charge in [-0.3, -0.25) is 19.5 Å². The molecule has 26 heavy (non-hydrogen) atoms. The SMILES string of the molecule is CC(=O)CN1CC[C@@H](C(=O)CCCCCc2ccc3c(n2)CCCC3)C1. The van der Waals surface area contributed by atoms with E-state index in [9.17, 15) is 9.59 Å². The molecule has 3 rings (SSSR count). The number of aromatic nitrogens is 1. The molecule has 0 spiro atoms. The lowest BCUT2D eigenvalue weighted by Gasteiger charge is -2.15. The average Bonchev–Trinajstić information content (AvgIpc) is 3.09. The number of nitrogens with zero attached hydrogens (tertiary/aromatic N) is 2. The van der Waals surface area contributed by atoms with Crippen LogP contribution in [0.25, 0.3) is 0 Å². The molecule has 142 valence electrons. The van der Waals surface area contributed by atoms with Crippen LogP contribution in [0.1, 0.15) is 68.8 Å². The highest BCUT2D eigenvalue weighted by atomic mass is 16.1. The molecular formula is C22H32N2O2. The molecule has 1 aromatic heterocycles. The van der Waals surface area contributed by atoms with Crippen LogP contribution in [0.4, 0.5) is 0 Å². The number of unbranched alkanes of at least 4 members (excludes halogenated alkanes) is 2. The fourth-order valence-electron chi connectivity index (χ4n) is 4.31. The van der Waals surface area contributed by atoms with Gasteiger partial charge in [-0.25, -0.2) is 0 Å². The van der Waals surface area contributed by atoms with Crippen molar-refractivity contribution in [3.05, 3.63) is 29.1 Å². The molecule has 4 heteroatoms. The summed E-state index contributed by atoms with van der Waals surface area (Å²) in [5.41, 5.74) is 3.98. The van der Waals surface area contributed by atoms with Gasteiger partial charge in [-0.15, -0.1) is 0 Å². The summed E-state index contributed by atoms with van der Waals surface area (Å²) < 4.78 is 0. The number of rotatable bonds is 9. The fourth-order valence-corrected chi connectivity index (χ4v) is 4.31. The number of hydrogen-bond donors (Lipinski definition) is 0. The maximum absolute atomic E-state index is 12.3. The van der Waals surface area contributed by atoms with Gasteiger partial charge in [0.2, 0.25) is 0 Å². The van der Waals surface area contributed by atoms with Crippen molar-refractivity contribution in [2.24, 2.45) is 5.92 Å². The molecule has 1 aromatic rings. The average molecular weight is 357 g/mol. The molecule has 2 aliphatic rings. The Labute approximate surface area is 157 Å². The van der Waals surface area contributed by atoms with Crippen molar-refractivity contribution in [3.8, 4) is 0 Å². The topological polar surface area (TPSA) is 50.3 Å². The van der Waals surface area contributed by atoms with Crippen LogP contribution in [0.3, 0.4) is 0 Å². The number of fused-ring (bicyclic) bond motifs is 1. The van der Waals surface area contributed by atoms with Crippen LogP contribution >= 0.6 is 0 Å². The van der Waals surface area contributed by atoms with Gasteiger partial charge in [-0.1, -0.05) is 12.5 Å². The zero-order valence-electron chi connectivity index (χ0n) is 16.1. The Morgan fingerprint density at radius 2 is 2.00 bits per heavy atom. The molecule has 1 atom stereocenters. The third-order valence-electron chi connectivity index (χ3n) is 5.77. The van der Waals surface area contributed by atoms with E-state index in [4.69, 9.17) is 4.98 Å². The van der Waals surface area contributed by atoms with Crippen molar-refractivity contribution < 1.29 is 9.59 Å². The molecule has 1 aliphatic carbocycles. The van der Waals surface area contributed by atoms with E-state index in [0.717, 1.165) is 51.6 Å². The lowest BCUT2D eigenvalue weighted by atomic mass is 9.95. The molecule has 4 nitrogen and oxygen atoms in total. The molecule has 1 fully saturated rings. The molecule has 1 saturated heterocycles. The molecule has 0 saturated carbocycles. The van der Waals surface area contributed by atoms with E-state index in [-0.39, 0.29) is 11.7 Å². The standard InChI is InChI=1S/C22H32N2O2/c1-17(25)15-24-14-13-19(16-24)22(26)10-4-2-3-8-20-12-11-18-7-5-6-9-21(18)23-20/h11-12,19H,2-10,13-16H2,1H3/t19-/m1/s1. The summed E-state index contributed by atoms with van der Waals surface area (Å²) >= 11 is 0. The van der Waals surface area contributed by atoms with E-state index in [1.807, 2.05) is 0 Å². The Bertz CT molecular complexity index is 641. The van der Waals surface area contributed by atoms with Gasteiger partial charge in [0.1, 0.15) is 11.6 Å². The number of carbonyl (C=O) groups excluding carboxylic acids is 2. The smallest absolute Gasteiger partial charge is 0.143 e. The summed E-state index contributed by atoms with van der Waals surface area (Å²) in [5.74, 6) is 0.730. The summed E-state index contributed by atoms with van der Waals surface area (Å²) in [4.78, 5) is 30.5. The third-order valence-corrected chi connectivity index (χ3v) is 5.77. The molecule has 0 bridgehead atoms. The monoisotopic (exact) mass is 356 g/mol. The van der Waals surface area contributed by atoms with Crippen molar-refractivity contribution in [1.29, 1.82) is 0 Å². The van der Waals surface area contributed by atoms with Crippen LogP contribution < -0.4 is 0 Å². The van der Waals surface area contributed by atoms with E-state index in [1.165, 1.54) is 36.2 Å². The second-order valence-corrected chi connectivity index (χ2v) is 8.07. The van der Waals surface area contributed by atoms with E-state index in [1.54, 1.807) is 6.92 Å². The quantitative estimate of drug-likeness (QED) is 0.635. The van der Waals surface area contributed by atoms with Gasteiger partial charge in [0.15, 0.2) is 0 Å². The molecule has 0 unspecified atom stereocenters. The van der Waals surface area contributed by atoms with Crippen LogP contribution in [0, 0.1) is 5.92 Å². The van der Waals surface area contributed by atoms with E-state index >= 15 is 0 Å². The first-order chi connectivity index (χ1) is 12.6. The number of aryl methyl sites for hydroxylation is 3. The molecular weight excluding hydrogens is 324 g/mol. The number of pyridine rings is 1. The van der Waals surface area contributed by atoms with Crippen molar-refractivity contribution in [1.82, 2.24) is 9.88 Å². The summed E-state index contributed by atoms with van der Waals surface area (Å²) in [7, 11) is 0. The molecule has 2 heterocycles. The van der Waals surface area contributed by atoms with Gasteiger partial charge in [0.05, 0.1) is 6.54 Å². The highest BCUT2D eigenvalue weighted by Crippen LogP contribution is 2.21. The number of hydrogen-bond acceptors (Lipinski definition) is 4. The largest absolute Gasteiger partial charge is 0.299 e. The summed E-state index contributed by atoms with van der Waals surface area (Å²) in [6.07, 6.45) is 10.7. The van der Waals surface area contributed by atoms with Gasteiger partial charge >= 0.3 is 0 Å². The van der Waals surface area contributed by atoms with Crippen LogP contribution in [0.2, 0.25) is 0 Å². The summed E-state index contributed by atoms with van der Waals surface area (Å²) in [6, 6.07) is 4.46. The van der Waals surface area contributed by atoms with Gasteiger partial charge in [-0.05, 0) is 76.5 Å². The first-order valence-electron chi connectivity index (χ1n) is 10.3. The second kappa shape index (κ2) is 9.40. The number of Topliss-reactive ketones (excluding diaryl/α,β-unsaturated/α-hetero) is 2. The Hall–Kier alpha value is -1.55. The summed E-state index contributed by atoms with van der Waals surface area (Å²) in [6.45, 7) is 3.78. The minimum Gasteiger partial charge on any atom is -0.299 e. The van der Waals surface area contributed by atoms with Gasteiger partial charge in [0, 0.05) is 30.3 Å². The first kappa shape index (κ1) is 19.2. The van der Waals surface area contributed by atoms with E-state index < -0.39 is 0 Å². The van der Waals surface area contributed by atoms with Crippen molar-refractivity contribution in [2.75, 3.05) is 19.6 Å². The lowest BCUT2D eigenvalue weighted by Crippen LogP contribution is -2.27. The fraction of sp³-hybridized carbons (Fsp3) is 0.682. The van der Waals surface area contributed by atoms with E-state index in [2.05, 4.69) is 17.0 Å². The zero-order valence-corrected chi connectivity index (χ0v) is 16.1. The van der Waals surface area contributed by atoms with Crippen molar-refractivity contribution in [2.45, 2.75) is 71.1 Å². The van der Waals surface area contributed by atoms with Crippen LogP contribution in [0.15, 0.2) is 12.1 Å². The zero-order chi connectivity index (χ0) is 18.4. The second-order valence-electron chi connectivity index (χ2n) is 8.07. The maximum atomic E-state index is 12.3. The third kappa shape index (κ3) is 5.47. The number of ketones is 2. The molecule has 0 aromatic carbocycles. The van der Waals surface area contributed by atoms with Crippen LogP contribution in [0.5, 0.6) is 0 Å². The van der Waals surface area contributed by atoms with Crippen LogP contribution in [-0.2, 0) is 28.9 Å². The normalized spacial score (nSPS) is 20.1. The minimum absolute atomic E-state index is 0.150. The maximum Gasteiger partial charge on any atom is 0.143 e. The van der Waals surface area contributed by atoms with Gasteiger partial charge < -0.3 is 0 Å². The Kier molecular flexibility index (Phi) is 6.95. The predicted octanol–water partition coefficient (Wildman–Crippen LogP) is 3.54. The highest BCUT2D eigenvalue weighted by molar-refractivity contribution is 5.82. The number of likely N-dealkylation sites (tertiary alicyclic amines) is 1. The molecule has 1 aliphatic heterocycles. The Balaban J connectivity index is 1.32. The molecule has 0 amide bonds. The molecule has 0 radical (unpaired) electrons. The predicted molar refractivity (Wildman–Crippen MR) is 103 cm³/mol. The summed E-state index contributed by atoms with van der Waals surface area (Å²) in [5, 5.41) is 0. The minimum atomic E-state index is 0.150. The lowest BCUT2D eigenvalue weighted by molar-refractivity contribution is -0.123.